The fourth-order valence-electron chi connectivity index (χ4n) is 4.01. The van der Waals surface area contributed by atoms with Gasteiger partial charge in [-0.1, -0.05) is 85.6 Å². The number of carbonyl (C=O) groups excluding carboxylic acids is 2. The molecule has 0 atom stereocenters. The molecular formula is C28H30N4O2. The first-order valence-corrected chi connectivity index (χ1v) is 11.8. The number of nitrogens with one attached hydrogen (secondary N) is 4. The molecule has 4 aromatic carbocycles. The highest BCUT2D eigenvalue weighted by molar-refractivity contribution is 6.02. The number of fused-ring (bicyclic) bond motifs is 2. The van der Waals surface area contributed by atoms with Gasteiger partial charge in [-0.15, -0.1) is 0 Å². The summed E-state index contributed by atoms with van der Waals surface area (Å²) in [5.74, 6) is 0. The van der Waals surface area contributed by atoms with Crippen molar-refractivity contribution in [2.75, 3.05) is 23.7 Å². The molecule has 0 bridgehead atoms. The first kappa shape index (κ1) is 23.1. The number of benzene rings is 4. The smallest absolute Gasteiger partial charge is 0.319 e. The summed E-state index contributed by atoms with van der Waals surface area (Å²) >= 11 is 0. The number of hydrogen-bond donors (Lipinski definition) is 4. The first-order valence-electron chi connectivity index (χ1n) is 11.8. The Balaban J connectivity index is 1.08. The van der Waals surface area contributed by atoms with E-state index in [0.29, 0.717) is 13.1 Å². The van der Waals surface area contributed by atoms with Gasteiger partial charge in [-0.2, -0.15) is 0 Å². The average Bonchev–Trinajstić information content (AvgIpc) is 2.86. The number of carbonyl (C=O) groups is 2. The van der Waals surface area contributed by atoms with Crippen molar-refractivity contribution in [3.63, 3.8) is 0 Å². The van der Waals surface area contributed by atoms with Gasteiger partial charge in [-0.3, -0.25) is 0 Å². The van der Waals surface area contributed by atoms with Crippen LogP contribution in [-0.2, 0) is 0 Å². The molecule has 6 nitrogen and oxygen atoms in total. The van der Waals surface area contributed by atoms with Crippen molar-refractivity contribution < 1.29 is 9.59 Å². The van der Waals surface area contributed by atoms with E-state index in [2.05, 4.69) is 21.3 Å². The van der Waals surface area contributed by atoms with Gasteiger partial charge in [0, 0.05) is 23.9 Å². The average molecular weight is 455 g/mol. The lowest BCUT2D eigenvalue weighted by Gasteiger charge is -2.11. The number of rotatable bonds is 9. The molecule has 0 aromatic heterocycles. The van der Waals surface area contributed by atoms with Crippen LogP contribution in [0.25, 0.3) is 21.5 Å². The minimum absolute atomic E-state index is 0.192. The largest absolute Gasteiger partial charge is 0.338 e. The van der Waals surface area contributed by atoms with Gasteiger partial charge in [0.15, 0.2) is 0 Å². The van der Waals surface area contributed by atoms with Crippen molar-refractivity contribution >= 4 is 45.0 Å². The van der Waals surface area contributed by atoms with E-state index in [1.165, 1.54) is 0 Å². The Kier molecular flexibility index (Phi) is 7.95. The Bertz CT molecular complexity index is 1160. The highest BCUT2D eigenvalue weighted by Crippen LogP contribution is 2.23. The second-order valence-electron chi connectivity index (χ2n) is 8.23. The summed E-state index contributed by atoms with van der Waals surface area (Å²) in [6.45, 7) is 1.23. The summed E-state index contributed by atoms with van der Waals surface area (Å²) in [5, 5.41) is 15.9. The maximum atomic E-state index is 12.2. The molecule has 34 heavy (non-hydrogen) atoms. The Labute approximate surface area is 199 Å². The number of urea groups is 2. The van der Waals surface area contributed by atoms with Crippen LogP contribution in [0.15, 0.2) is 84.9 Å². The Morgan fingerprint density at radius 1 is 0.500 bits per heavy atom. The second-order valence-corrected chi connectivity index (χ2v) is 8.23. The summed E-state index contributed by atoms with van der Waals surface area (Å²) in [6, 6.07) is 27.3. The van der Waals surface area contributed by atoms with E-state index in [1.807, 2.05) is 84.9 Å². The fraction of sp³-hybridized carbons (Fsp3) is 0.214. The van der Waals surface area contributed by atoms with Crippen LogP contribution >= 0.6 is 0 Å². The lowest BCUT2D eigenvalue weighted by molar-refractivity contribution is 0.250. The molecule has 4 N–H and O–H groups in total. The zero-order valence-electron chi connectivity index (χ0n) is 19.1. The number of anilines is 2. The fourth-order valence-corrected chi connectivity index (χ4v) is 4.01. The van der Waals surface area contributed by atoms with Gasteiger partial charge < -0.3 is 21.3 Å². The van der Waals surface area contributed by atoms with E-state index < -0.39 is 0 Å². The van der Waals surface area contributed by atoms with Crippen molar-refractivity contribution in [1.29, 1.82) is 0 Å². The molecule has 0 saturated heterocycles. The quantitative estimate of drug-likeness (QED) is 0.218. The van der Waals surface area contributed by atoms with Gasteiger partial charge in [0.1, 0.15) is 0 Å². The molecule has 0 aliphatic carbocycles. The Morgan fingerprint density at radius 2 is 0.912 bits per heavy atom. The second kappa shape index (κ2) is 11.7. The van der Waals surface area contributed by atoms with Gasteiger partial charge >= 0.3 is 12.1 Å². The van der Waals surface area contributed by atoms with E-state index in [0.717, 1.165) is 58.6 Å². The van der Waals surface area contributed by atoms with Gasteiger partial charge in [-0.25, -0.2) is 9.59 Å². The molecule has 0 spiro atoms. The maximum Gasteiger partial charge on any atom is 0.319 e. The molecule has 4 amide bonds. The van der Waals surface area contributed by atoms with Crippen LogP contribution in [0.2, 0.25) is 0 Å². The van der Waals surface area contributed by atoms with Crippen molar-refractivity contribution in [3.8, 4) is 0 Å². The van der Waals surface area contributed by atoms with E-state index in [9.17, 15) is 9.59 Å². The lowest BCUT2D eigenvalue weighted by atomic mass is 10.1. The number of hydrogen-bond acceptors (Lipinski definition) is 2. The molecule has 174 valence electrons. The Morgan fingerprint density at radius 3 is 1.38 bits per heavy atom. The number of amides is 4. The molecule has 4 aromatic rings. The number of unbranched alkanes of at least 4 members (excludes halogenated alkanes) is 3. The third-order valence-corrected chi connectivity index (χ3v) is 5.75. The minimum Gasteiger partial charge on any atom is -0.338 e. The van der Waals surface area contributed by atoms with Crippen LogP contribution in [0.4, 0.5) is 21.0 Å². The molecule has 6 heteroatoms. The zero-order valence-corrected chi connectivity index (χ0v) is 19.1. The predicted octanol–water partition coefficient (Wildman–Crippen LogP) is 6.50. The summed E-state index contributed by atoms with van der Waals surface area (Å²) in [4.78, 5) is 24.4. The molecule has 0 unspecified atom stereocenters. The van der Waals surface area contributed by atoms with Crippen molar-refractivity contribution in [2.24, 2.45) is 0 Å². The third kappa shape index (κ3) is 6.25. The SMILES string of the molecule is O=C(NCCCCCCNC(=O)Nc1cccc2ccccc12)Nc1cccc2ccccc12. The summed E-state index contributed by atoms with van der Waals surface area (Å²) in [7, 11) is 0. The van der Waals surface area contributed by atoms with Crippen molar-refractivity contribution in [1.82, 2.24) is 10.6 Å². The van der Waals surface area contributed by atoms with Crippen molar-refractivity contribution in [3.05, 3.63) is 84.9 Å². The normalized spacial score (nSPS) is 10.7. The lowest BCUT2D eigenvalue weighted by Crippen LogP contribution is -2.30. The standard InChI is InChI=1S/C28H30N4O2/c33-27(31-25-17-9-13-21-11-3-5-15-23(21)25)29-19-7-1-2-8-20-30-28(34)32-26-18-10-14-22-12-4-6-16-24(22)26/h3-6,9-18H,1-2,7-8,19-20H2,(H2,29,31,33)(H2,30,32,34). The molecule has 0 aliphatic rings. The highest BCUT2D eigenvalue weighted by atomic mass is 16.2. The van der Waals surface area contributed by atoms with E-state index in [4.69, 9.17) is 0 Å². The van der Waals surface area contributed by atoms with Gasteiger partial charge in [0.2, 0.25) is 0 Å². The van der Waals surface area contributed by atoms with Crippen LogP contribution in [0.1, 0.15) is 25.7 Å². The monoisotopic (exact) mass is 454 g/mol. The molecule has 0 saturated carbocycles. The molecule has 0 aliphatic heterocycles. The van der Waals surface area contributed by atoms with Gasteiger partial charge in [0.25, 0.3) is 0 Å². The molecule has 0 heterocycles. The molecular weight excluding hydrogens is 424 g/mol. The van der Waals surface area contributed by atoms with E-state index >= 15 is 0 Å². The first-order chi connectivity index (χ1) is 16.7. The Hall–Kier alpha value is -4.06. The van der Waals surface area contributed by atoms with E-state index in [-0.39, 0.29) is 12.1 Å². The summed E-state index contributed by atoms with van der Waals surface area (Å²) in [5.41, 5.74) is 1.62. The van der Waals surface area contributed by atoms with Crippen LogP contribution in [0.3, 0.4) is 0 Å². The van der Waals surface area contributed by atoms with Gasteiger partial charge in [-0.05, 0) is 35.7 Å². The maximum absolute atomic E-state index is 12.2. The predicted molar refractivity (Wildman–Crippen MR) is 140 cm³/mol. The zero-order chi connectivity index (χ0) is 23.6. The van der Waals surface area contributed by atoms with Crippen LogP contribution in [0.5, 0.6) is 0 Å². The summed E-state index contributed by atoms with van der Waals surface area (Å²) < 4.78 is 0. The minimum atomic E-state index is -0.192. The van der Waals surface area contributed by atoms with Crippen LogP contribution in [-0.4, -0.2) is 25.2 Å². The van der Waals surface area contributed by atoms with Crippen molar-refractivity contribution in [2.45, 2.75) is 25.7 Å². The third-order valence-electron chi connectivity index (χ3n) is 5.75. The van der Waals surface area contributed by atoms with Crippen LogP contribution < -0.4 is 21.3 Å². The highest BCUT2D eigenvalue weighted by Gasteiger charge is 2.06. The van der Waals surface area contributed by atoms with Gasteiger partial charge in [0.05, 0.1) is 11.4 Å². The molecule has 0 fully saturated rings. The molecule has 4 rings (SSSR count). The summed E-state index contributed by atoms with van der Waals surface area (Å²) in [6.07, 6.45) is 3.76. The van der Waals surface area contributed by atoms with Crippen LogP contribution in [0, 0.1) is 0 Å². The van der Waals surface area contributed by atoms with E-state index in [1.54, 1.807) is 0 Å². The molecule has 0 radical (unpaired) electrons. The topological polar surface area (TPSA) is 82.3 Å².